The zero-order valence-electron chi connectivity index (χ0n) is 7.49. The number of anilines is 1. The van der Waals surface area contributed by atoms with Crippen LogP contribution >= 0.6 is 11.6 Å². The highest BCUT2D eigenvalue weighted by molar-refractivity contribution is 6.34. The van der Waals surface area contributed by atoms with Crippen LogP contribution in [0.5, 0.6) is 5.75 Å². The summed E-state index contributed by atoms with van der Waals surface area (Å²) in [5.74, 6) is 0.783. The number of rotatable bonds is 1. The van der Waals surface area contributed by atoms with Crippen molar-refractivity contribution >= 4 is 28.5 Å². The van der Waals surface area contributed by atoms with Crippen LogP contribution in [0.15, 0.2) is 18.2 Å². The summed E-state index contributed by atoms with van der Waals surface area (Å²) in [4.78, 5) is 7.92. The van der Waals surface area contributed by atoms with E-state index in [-0.39, 0.29) is 5.95 Å². The van der Waals surface area contributed by atoms with Crippen molar-refractivity contribution in [2.75, 3.05) is 12.8 Å². The number of halogens is 1. The van der Waals surface area contributed by atoms with Crippen molar-refractivity contribution in [1.82, 2.24) is 9.97 Å². The van der Waals surface area contributed by atoms with Crippen molar-refractivity contribution in [3.8, 4) is 5.75 Å². The van der Waals surface area contributed by atoms with Crippen LogP contribution < -0.4 is 10.5 Å². The molecule has 0 atom stereocenters. The van der Waals surface area contributed by atoms with Gasteiger partial charge in [0.05, 0.1) is 7.11 Å². The third-order valence-electron chi connectivity index (χ3n) is 1.88. The molecule has 0 saturated heterocycles. The minimum Gasteiger partial charge on any atom is -0.494 e. The molecule has 2 aromatic rings. The fourth-order valence-electron chi connectivity index (χ4n) is 1.27. The van der Waals surface area contributed by atoms with Crippen LogP contribution in [0.25, 0.3) is 10.9 Å². The second-order valence-corrected chi connectivity index (χ2v) is 3.09. The first-order chi connectivity index (χ1) is 6.72. The Hall–Kier alpha value is -1.55. The Balaban J connectivity index is 2.86. The largest absolute Gasteiger partial charge is 0.494 e. The molecule has 2 rings (SSSR count). The zero-order valence-corrected chi connectivity index (χ0v) is 8.25. The van der Waals surface area contributed by atoms with Gasteiger partial charge in [-0.05, 0) is 12.1 Å². The summed E-state index contributed by atoms with van der Waals surface area (Å²) < 4.78 is 5.13. The monoisotopic (exact) mass is 209 g/mol. The van der Waals surface area contributed by atoms with E-state index in [4.69, 9.17) is 22.1 Å². The molecule has 1 heterocycles. The number of aromatic nitrogens is 2. The second-order valence-electron chi connectivity index (χ2n) is 2.73. The minimum absolute atomic E-state index is 0.145. The predicted octanol–water partition coefficient (Wildman–Crippen LogP) is 1.87. The molecule has 0 unspecified atom stereocenters. The van der Waals surface area contributed by atoms with Crippen LogP contribution in [-0.4, -0.2) is 17.1 Å². The number of ether oxygens (including phenoxy) is 1. The van der Waals surface area contributed by atoms with Gasteiger partial charge in [-0.1, -0.05) is 17.7 Å². The fourth-order valence-corrected chi connectivity index (χ4v) is 1.51. The summed E-state index contributed by atoms with van der Waals surface area (Å²) >= 11 is 5.90. The van der Waals surface area contributed by atoms with E-state index in [0.717, 1.165) is 5.39 Å². The van der Waals surface area contributed by atoms with E-state index < -0.39 is 0 Å². The predicted molar refractivity (Wildman–Crippen MR) is 55.5 cm³/mol. The number of hydrogen-bond acceptors (Lipinski definition) is 4. The average molecular weight is 210 g/mol. The zero-order chi connectivity index (χ0) is 10.1. The topological polar surface area (TPSA) is 61.0 Å². The quantitative estimate of drug-likeness (QED) is 0.729. The number of fused-ring (bicyclic) bond motifs is 1. The molecule has 0 aliphatic heterocycles. The summed E-state index contributed by atoms with van der Waals surface area (Å²) in [5, 5.41) is 1.08. The lowest BCUT2D eigenvalue weighted by molar-refractivity contribution is 0.419. The van der Waals surface area contributed by atoms with E-state index in [1.807, 2.05) is 12.1 Å². The average Bonchev–Trinajstić information content (AvgIpc) is 2.17. The number of nitrogen functional groups attached to an aromatic ring is 1. The third kappa shape index (κ3) is 1.33. The standard InChI is InChI=1S/C9H8ClN3O/c1-14-6-4-2-3-5-7(6)12-9(11)13-8(5)10/h2-4H,1H3,(H2,11,12,13). The van der Waals surface area contributed by atoms with Gasteiger partial charge in [0, 0.05) is 5.39 Å². The van der Waals surface area contributed by atoms with Gasteiger partial charge >= 0.3 is 0 Å². The van der Waals surface area contributed by atoms with E-state index in [2.05, 4.69) is 9.97 Å². The Morgan fingerprint density at radius 3 is 2.86 bits per heavy atom. The third-order valence-corrected chi connectivity index (χ3v) is 2.17. The van der Waals surface area contributed by atoms with Crippen molar-refractivity contribution in [2.24, 2.45) is 0 Å². The Bertz CT molecular complexity index is 487. The van der Waals surface area contributed by atoms with Crippen molar-refractivity contribution < 1.29 is 4.74 Å². The molecular formula is C9H8ClN3O. The lowest BCUT2D eigenvalue weighted by atomic mass is 10.2. The van der Waals surface area contributed by atoms with Gasteiger partial charge in [0.15, 0.2) is 0 Å². The van der Waals surface area contributed by atoms with Crippen molar-refractivity contribution in [3.63, 3.8) is 0 Å². The maximum atomic E-state index is 5.90. The summed E-state index contributed by atoms with van der Waals surface area (Å²) in [6.45, 7) is 0. The van der Waals surface area contributed by atoms with Gasteiger partial charge in [0.25, 0.3) is 0 Å². The number of nitrogens with zero attached hydrogens (tertiary/aromatic N) is 2. The number of hydrogen-bond donors (Lipinski definition) is 1. The number of nitrogens with two attached hydrogens (primary N) is 1. The molecule has 2 N–H and O–H groups in total. The Morgan fingerprint density at radius 2 is 2.14 bits per heavy atom. The lowest BCUT2D eigenvalue weighted by Crippen LogP contribution is -1.97. The smallest absolute Gasteiger partial charge is 0.222 e. The Labute approximate surface area is 85.7 Å². The van der Waals surface area contributed by atoms with E-state index in [9.17, 15) is 0 Å². The van der Waals surface area contributed by atoms with Gasteiger partial charge in [0.1, 0.15) is 16.4 Å². The highest BCUT2D eigenvalue weighted by atomic mass is 35.5. The van der Waals surface area contributed by atoms with E-state index in [0.29, 0.717) is 16.4 Å². The SMILES string of the molecule is COc1cccc2c(Cl)nc(N)nc12. The van der Waals surface area contributed by atoms with Crippen LogP contribution in [0.4, 0.5) is 5.95 Å². The first-order valence-corrected chi connectivity index (χ1v) is 4.36. The fraction of sp³-hybridized carbons (Fsp3) is 0.111. The van der Waals surface area contributed by atoms with E-state index >= 15 is 0 Å². The van der Waals surface area contributed by atoms with Crippen molar-refractivity contribution in [2.45, 2.75) is 0 Å². The molecule has 4 nitrogen and oxygen atoms in total. The van der Waals surface area contributed by atoms with Crippen LogP contribution in [0, 0.1) is 0 Å². The number of methoxy groups -OCH3 is 1. The maximum Gasteiger partial charge on any atom is 0.222 e. The molecule has 0 radical (unpaired) electrons. The molecule has 0 fully saturated rings. The van der Waals surface area contributed by atoms with E-state index in [1.54, 1.807) is 13.2 Å². The first kappa shape index (κ1) is 9.02. The molecule has 1 aromatic carbocycles. The molecule has 14 heavy (non-hydrogen) atoms. The summed E-state index contributed by atoms with van der Waals surface area (Å²) in [6.07, 6.45) is 0. The lowest BCUT2D eigenvalue weighted by Gasteiger charge is -2.05. The van der Waals surface area contributed by atoms with Gasteiger partial charge in [-0.3, -0.25) is 0 Å². The Kier molecular flexibility index (Phi) is 2.13. The number of benzene rings is 1. The highest BCUT2D eigenvalue weighted by Crippen LogP contribution is 2.28. The second kappa shape index (κ2) is 3.31. The molecule has 0 spiro atoms. The van der Waals surface area contributed by atoms with Gasteiger partial charge in [-0.25, -0.2) is 9.97 Å². The van der Waals surface area contributed by atoms with Gasteiger partial charge in [-0.15, -0.1) is 0 Å². The molecule has 72 valence electrons. The molecule has 1 aromatic heterocycles. The first-order valence-electron chi connectivity index (χ1n) is 3.98. The minimum atomic E-state index is 0.145. The molecule has 0 bridgehead atoms. The van der Waals surface area contributed by atoms with Crippen LogP contribution in [0.2, 0.25) is 5.15 Å². The van der Waals surface area contributed by atoms with Crippen LogP contribution in [0.3, 0.4) is 0 Å². The van der Waals surface area contributed by atoms with Crippen molar-refractivity contribution in [1.29, 1.82) is 0 Å². The summed E-state index contributed by atoms with van der Waals surface area (Å²) in [7, 11) is 1.57. The van der Waals surface area contributed by atoms with Crippen molar-refractivity contribution in [3.05, 3.63) is 23.4 Å². The van der Waals surface area contributed by atoms with Crippen LogP contribution in [-0.2, 0) is 0 Å². The molecular weight excluding hydrogens is 202 g/mol. The summed E-state index contributed by atoms with van der Waals surface area (Å²) in [5.41, 5.74) is 6.12. The molecule has 0 saturated carbocycles. The normalized spacial score (nSPS) is 10.4. The maximum absolute atomic E-state index is 5.90. The number of para-hydroxylation sites is 1. The summed E-state index contributed by atoms with van der Waals surface area (Å²) in [6, 6.07) is 5.44. The van der Waals surface area contributed by atoms with Gasteiger partial charge in [-0.2, -0.15) is 0 Å². The molecule has 0 aliphatic carbocycles. The van der Waals surface area contributed by atoms with E-state index in [1.165, 1.54) is 0 Å². The molecule has 0 amide bonds. The Morgan fingerprint density at radius 1 is 1.36 bits per heavy atom. The molecule has 0 aliphatic rings. The highest BCUT2D eigenvalue weighted by Gasteiger charge is 2.07. The van der Waals surface area contributed by atoms with Gasteiger partial charge < -0.3 is 10.5 Å². The van der Waals surface area contributed by atoms with Crippen LogP contribution in [0.1, 0.15) is 0 Å². The van der Waals surface area contributed by atoms with Gasteiger partial charge in [0.2, 0.25) is 5.95 Å². The molecule has 5 heteroatoms.